The summed E-state index contributed by atoms with van der Waals surface area (Å²) in [5, 5.41) is 0. The molecule has 1 heteroatoms. The molecule has 1 nitrogen and oxygen atoms in total. The SMILES string of the molecule is CN1CCCc2cc(Cc3ccccc3)ccc21. The molecule has 0 amide bonds. The lowest BCUT2D eigenvalue weighted by Crippen LogP contribution is -2.24. The van der Waals surface area contributed by atoms with Crippen LogP contribution in [0.3, 0.4) is 0 Å². The van der Waals surface area contributed by atoms with E-state index in [9.17, 15) is 0 Å². The lowest BCUT2D eigenvalue weighted by Gasteiger charge is -2.27. The molecule has 0 saturated heterocycles. The van der Waals surface area contributed by atoms with Gasteiger partial charge in [-0.1, -0.05) is 42.5 Å². The zero-order valence-electron chi connectivity index (χ0n) is 10.9. The highest BCUT2D eigenvalue weighted by atomic mass is 15.1. The Morgan fingerprint density at radius 2 is 1.83 bits per heavy atom. The van der Waals surface area contributed by atoms with Crippen LogP contribution in [0.2, 0.25) is 0 Å². The maximum absolute atomic E-state index is 2.39. The molecule has 0 fully saturated rings. The Hall–Kier alpha value is -1.76. The first-order valence-corrected chi connectivity index (χ1v) is 6.70. The molecule has 0 atom stereocenters. The van der Waals surface area contributed by atoms with Crippen molar-refractivity contribution in [2.45, 2.75) is 19.3 Å². The van der Waals surface area contributed by atoms with E-state index < -0.39 is 0 Å². The second-order valence-corrected chi connectivity index (χ2v) is 5.15. The second-order valence-electron chi connectivity index (χ2n) is 5.15. The summed E-state index contributed by atoms with van der Waals surface area (Å²) < 4.78 is 0. The fourth-order valence-corrected chi connectivity index (χ4v) is 2.78. The summed E-state index contributed by atoms with van der Waals surface area (Å²) in [4.78, 5) is 2.37. The van der Waals surface area contributed by atoms with E-state index in [0.717, 1.165) is 6.42 Å². The van der Waals surface area contributed by atoms with Crippen LogP contribution in [0.4, 0.5) is 5.69 Å². The van der Waals surface area contributed by atoms with Gasteiger partial charge in [0.05, 0.1) is 0 Å². The van der Waals surface area contributed by atoms with E-state index in [-0.39, 0.29) is 0 Å². The number of rotatable bonds is 2. The van der Waals surface area contributed by atoms with Crippen molar-refractivity contribution in [3.05, 3.63) is 65.2 Å². The fraction of sp³-hybridized carbons (Fsp3) is 0.294. The minimum absolute atomic E-state index is 1.04. The van der Waals surface area contributed by atoms with E-state index in [1.807, 2.05) is 0 Å². The Morgan fingerprint density at radius 3 is 2.67 bits per heavy atom. The van der Waals surface area contributed by atoms with Crippen LogP contribution in [0.5, 0.6) is 0 Å². The van der Waals surface area contributed by atoms with Crippen LogP contribution in [0, 0.1) is 0 Å². The zero-order chi connectivity index (χ0) is 12.4. The maximum Gasteiger partial charge on any atom is 0.0396 e. The minimum atomic E-state index is 1.04. The third kappa shape index (κ3) is 2.26. The maximum atomic E-state index is 2.39. The van der Waals surface area contributed by atoms with Crippen molar-refractivity contribution in [2.75, 3.05) is 18.5 Å². The molecular weight excluding hydrogens is 218 g/mol. The summed E-state index contributed by atoms with van der Waals surface area (Å²) in [7, 11) is 2.19. The highest BCUT2D eigenvalue weighted by molar-refractivity contribution is 5.56. The summed E-state index contributed by atoms with van der Waals surface area (Å²) in [6.07, 6.45) is 3.54. The predicted octanol–water partition coefficient (Wildman–Crippen LogP) is 3.66. The number of benzene rings is 2. The number of nitrogens with zero attached hydrogens (tertiary/aromatic N) is 1. The van der Waals surface area contributed by atoms with Gasteiger partial charge in [0.15, 0.2) is 0 Å². The normalized spacial score (nSPS) is 14.4. The molecule has 3 rings (SSSR count). The van der Waals surface area contributed by atoms with Crippen molar-refractivity contribution in [1.82, 2.24) is 0 Å². The van der Waals surface area contributed by atoms with E-state index >= 15 is 0 Å². The van der Waals surface area contributed by atoms with Gasteiger partial charge in [0.25, 0.3) is 0 Å². The summed E-state index contributed by atoms with van der Waals surface area (Å²) in [5.41, 5.74) is 5.74. The quantitative estimate of drug-likeness (QED) is 0.770. The molecule has 0 bridgehead atoms. The molecule has 0 spiro atoms. The molecule has 0 saturated carbocycles. The Bertz CT molecular complexity index is 531. The van der Waals surface area contributed by atoms with Crippen LogP contribution in [0.1, 0.15) is 23.1 Å². The van der Waals surface area contributed by atoms with Crippen molar-refractivity contribution in [3.8, 4) is 0 Å². The largest absolute Gasteiger partial charge is 0.374 e. The third-order valence-corrected chi connectivity index (χ3v) is 3.75. The smallest absolute Gasteiger partial charge is 0.0396 e. The highest BCUT2D eigenvalue weighted by Gasteiger charge is 2.13. The van der Waals surface area contributed by atoms with Crippen LogP contribution in [-0.4, -0.2) is 13.6 Å². The number of aryl methyl sites for hydroxylation is 1. The highest BCUT2D eigenvalue weighted by Crippen LogP contribution is 2.27. The number of fused-ring (bicyclic) bond motifs is 1. The van der Waals surface area contributed by atoms with Crippen LogP contribution < -0.4 is 4.90 Å². The molecule has 18 heavy (non-hydrogen) atoms. The number of hydrogen-bond donors (Lipinski definition) is 0. The topological polar surface area (TPSA) is 3.24 Å². The van der Waals surface area contributed by atoms with Gasteiger partial charge in [-0.05, 0) is 42.0 Å². The van der Waals surface area contributed by atoms with Crippen LogP contribution in [0.15, 0.2) is 48.5 Å². The fourth-order valence-electron chi connectivity index (χ4n) is 2.78. The lowest BCUT2D eigenvalue weighted by atomic mass is 9.97. The van der Waals surface area contributed by atoms with Gasteiger partial charge < -0.3 is 4.90 Å². The van der Waals surface area contributed by atoms with E-state index in [2.05, 4.69) is 60.5 Å². The van der Waals surface area contributed by atoms with Crippen molar-refractivity contribution >= 4 is 5.69 Å². The standard InChI is InChI=1S/C17H19N/c1-18-11-5-8-16-13-15(9-10-17(16)18)12-14-6-3-2-4-7-14/h2-4,6-7,9-10,13H,5,8,11-12H2,1H3. The van der Waals surface area contributed by atoms with Gasteiger partial charge in [0, 0.05) is 19.3 Å². The molecule has 0 aliphatic carbocycles. The molecule has 0 aromatic heterocycles. The Kier molecular flexibility index (Phi) is 3.06. The van der Waals surface area contributed by atoms with E-state index in [1.165, 1.54) is 41.8 Å². The average Bonchev–Trinajstić information content (AvgIpc) is 2.40. The van der Waals surface area contributed by atoms with E-state index in [1.54, 1.807) is 0 Å². The Labute approximate surface area is 109 Å². The first kappa shape index (κ1) is 11.3. The molecule has 2 aromatic rings. The summed E-state index contributed by atoms with van der Waals surface area (Å²) in [6.45, 7) is 1.19. The van der Waals surface area contributed by atoms with E-state index in [0.29, 0.717) is 0 Å². The van der Waals surface area contributed by atoms with Gasteiger partial charge in [-0.15, -0.1) is 0 Å². The van der Waals surface area contributed by atoms with Crippen molar-refractivity contribution < 1.29 is 0 Å². The molecule has 1 heterocycles. The van der Waals surface area contributed by atoms with Gasteiger partial charge in [-0.3, -0.25) is 0 Å². The van der Waals surface area contributed by atoms with E-state index in [4.69, 9.17) is 0 Å². The van der Waals surface area contributed by atoms with Gasteiger partial charge in [0.1, 0.15) is 0 Å². The first-order chi connectivity index (χ1) is 8.83. The summed E-state index contributed by atoms with van der Waals surface area (Å²) in [5.74, 6) is 0. The predicted molar refractivity (Wildman–Crippen MR) is 77.3 cm³/mol. The van der Waals surface area contributed by atoms with Gasteiger partial charge in [-0.2, -0.15) is 0 Å². The lowest BCUT2D eigenvalue weighted by molar-refractivity contribution is 0.743. The van der Waals surface area contributed by atoms with Gasteiger partial charge in [-0.25, -0.2) is 0 Å². The van der Waals surface area contributed by atoms with Crippen molar-refractivity contribution in [2.24, 2.45) is 0 Å². The molecule has 1 aliphatic heterocycles. The molecule has 92 valence electrons. The zero-order valence-corrected chi connectivity index (χ0v) is 10.9. The number of hydrogen-bond acceptors (Lipinski definition) is 1. The molecule has 0 N–H and O–H groups in total. The van der Waals surface area contributed by atoms with Crippen LogP contribution in [0.25, 0.3) is 0 Å². The van der Waals surface area contributed by atoms with Gasteiger partial charge in [0.2, 0.25) is 0 Å². The Balaban J connectivity index is 1.86. The Morgan fingerprint density at radius 1 is 1.00 bits per heavy atom. The third-order valence-electron chi connectivity index (χ3n) is 3.75. The molecular formula is C17H19N. The molecule has 2 aromatic carbocycles. The van der Waals surface area contributed by atoms with Gasteiger partial charge >= 0.3 is 0 Å². The van der Waals surface area contributed by atoms with Crippen molar-refractivity contribution in [3.63, 3.8) is 0 Å². The first-order valence-electron chi connectivity index (χ1n) is 6.70. The van der Waals surface area contributed by atoms with Crippen LogP contribution in [-0.2, 0) is 12.8 Å². The molecule has 0 radical (unpaired) electrons. The number of anilines is 1. The molecule has 1 aliphatic rings. The second kappa shape index (κ2) is 4.85. The monoisotopic (exact) mass is 237 g/mol. The average molecular weight is 237 g/mol. The minimum Gasteiger partial charge on any atom is -0.374 e. The summed E-state index contributed by atoms with van der Waals surface area (Å²) >= 11 is 0. The van der Waals surface area contributed by atoms with Crippen molar-refractivity contribution in [1.29, 1.82) is 0 Å². The molecule has 0 unspecified atom stereocenters. The van der Waals surface area contributed by atoms with Crippen LogP contribution >= 0.6 is 0 Å². The summed E-state index contributed by atoms with van der Waals surface area (Å²) in [6, 6.07) is 17.6.